The van der Waals surface area contributed by atoms with Gasteiger partial charge >= 0.3 is 5.97 Å². The number of nitrogens with one attached hydrogen (secondary N) is 1. The van der Waals surface area contributed by atoms with E-state index in [1.54, 1.807) is 0 Å². The molecule has 1 aromatic carbocycles. The minimum Gasteiger partial charge on any atom is -0.480 e. The summed E-state index contributed by atoms with van der Waals surface area (Å²) >= 11 is 0. The van der Waals surface area contributed by atoms with E-state index >= 15 is 0 Å². The van der Waals surface area contributed by atoms with Crippen LogP contribution in [0.25, 0.3) is 0 Å². The number of carbonyl (C=O) groups is 2. The zero-order chi connectivity index (χ0) is 16.8. The average Bonchev–Trinajstić information content (AvgIpc) is 2.45. The third kappa shape index (κ3) is 6.21. The van der Waals surface area contributed by atoms with E-state index in [4.69, 9.17) is 5.11 Å². The van der Waals surface area contributed by atoms with Gasteiger partial charge in [-0.25, -0.2) is 17.6 Å². The molecule has 1 amide bonds. The Kier molecular flexibility index (Phi) is 6.48. The molecule has 0 aromatic heterocycles. The molecular formula is C14H18FNO5S. The Bertz CT molecular complexity index is 627. The van der Waals surface area contributed by atoms with E-state index in [0.717, 1.165) is 0 Å². The molecule has 1 aromatic rings. The lowest BCUT2D eigenvalue weighted by Gasteiger charge is -2.14. The first-order chi connectivity index (χ1) is 10.2. The van der Waals surface area contributed by atoms with E-state index in [-0.39, 0.29) is 24.3 Å². The molecule has 0 aliphatic carbocycles. The molecule has 0 aliphatic heterocycles. The van der Waals surface area contributed by atoms with Gasteiger partial charge in [0.15, 0.2) is 0 Å². The van der Waals surface area contributed by atoms with Crippen molar-refractivity contribution in [1.29, 1.82) is 0 Å². The van der Waals surface area contributed by atoms with Crippen molar-refractivity contribution < 1.29 is 27.5 Å². The fourth-order valence-electron chi connectivity index (χ4n) is 1.73. The van der Waals surface area contributed by atoms with Crippen molar-refractivity contribution in [1.82, 2.24) is 5.32 Å². The first-order valence-electron chi connectivity index (χ1n) is 6.70. The molecule has 2 N–H and O–H groups in total. The smallest absolute Gasteiger partial charge is 0.326 e. The zero-order valence-electron chi connectivity index (χ0n) is 12.1. The molecule has 0 saturated heterocycles. The second-order valence-electron chi connectivity index (χ2n) is 4.79. The minimum atomic E-state index is -3.30. The Morgan fingerprint density at radius 3 is 2.36 bits per heavy atom. The summed E-state index contributed by atoms with van der Waals surface area (Å²) in [5, 5.41) is 11.3. The molecule has 0 fully saturated rings. The van der Waals surface area contributed by atoms with E-state index < -0.39 is 33.6 Å². The highest BCUT2D eigenvalue weighted by Gasteiger charge is 2.22. The number of hydrogen-bond acceptors (Lipinski definition) is 4. The number of amides is 1. The molecule has 0 bridgehead atoms. The number of rotatable bonds is 8. The Hall–Kier alpha value is -1.96. The van der Waals surface area contributed by atoms with Crippen molar-refractivity contribution in [3.05, 3.63) is 35.6 Å². The third-order valence-corrected chi connectivity index (χ3v) is 4.81. The van der Waals surface area contributed by atoms with Crippen LogP contribution in [0.15, 0.2) is 24.3 Å². The van der Waals surface area contributed by atoms with Crippen molar-refractivity contribution in [2.45, 2.75) is 25.8 Å². The standard InChI is InChI=1S/C14H18FNO5S/c1-2-22(20,21)8-7-12(14(18)19)16-13(17)9-10-3-5-11(15)6-4-10/h3-6,12H,2,7-9H2,1H3,(H,16,17)(H,18,19). The lowest BCUT2D eigenvalue weighted by atomic mass is 10.1. The normalized spacial score (nSPS) is 12.6. The first-order valence-corrected chi connectivity index (χ1v) is 8.52. The highest BCUT2D eigenvalue weighted by Crippen LogP contribution is 2.05. The van der Waals surface area contributed by atoms with Crippen LogP contribution in [0.1, 0.15) is 18.9 Å². The number of carboxylic acids is 1. The van der Waals surface area contributed by atoms with Crippen LogP contribution in [0, 0.1) is 5.82 Å². The van der Waals surface area contributed by atoms with Gasteiger partial charge in [-0.15, -0.1) is 0 Å². The van der Waals surface area contributed by atoms with Crippen molar-refractivity contribution >= 4 is 21.7 Å². The van der Waals surface area contributed by atoms with Crippen molar-refractivity contribution in [3.63, 3.8) is 0 Å². The predicted molar refractivity (Wildman–Crippen MR) is 78.6 cm³/mol. The number of aliphatic carboxylic acids is 1. The quantitative estimate of drug-likeness (QED) is 0.732. The predicted octanol–water partition coefficient (Wildman–Crippen LogP) is 0.762. The Morgan fingerprint density at radius 2 is 1.86 bits per heavy atom. The zero-order valence-corrected chi connectivity index (χ0v) is 12.9. The van der Waals surface area contributed by atoms with Gasteiger partial charge in [0.2, 0.25) is 5.91 Å². The summed E-state index contributed by atoms with van der Waals surface area (Å²) in [6.45, 7) is 1.47. The lowest BCUT2D eigenvalue weighted by molar-refractivity contribution is -0.141. The van der Waals surface area contributed by atoms with Gasteiger partial charge in [0.25, 0.3) is 0 Å². The summed E-state index contributed by atoms with van der Waals surface area (Å²) in [6.07, 6.45) is -0.300. The van der Waals surface area contributed by atoms with Crippen LogP contribution < -0.4 is 5.32 Å². The highest BCUT2D eigenvalue weighted by atomic mass is 32.2. The molecule has 0 spiro atoms. The van der Waals surface area contributed by atoms with Gasteiger partial charge in [0, 0.05) is 5.75 Å². The Balaban J connectivity index is 2.61. The molecule has 1 rings (SSSR count). The van der Waals surface area contributed by atoms with Crippen LogP contribution in [-0.4, -0.2) is 42.9 Å². The molecule has 0 heterocycles. The van der Waals surface area contributed by atoms with Gasteiger partial charge in [-0.1, -0.05) is 19.1 Å². The van der Waals surface area contributed by atoms with Gasteiger partial charge in [-0.05, 0) is 24.1 Å². The fourth-order valence-corrected chi connectivity index (χ4v) is 2.62. The van der Waals surface area contributed by atoms with Crippen molar-refractivity contribution in [2.24, 2.45) is 0 Å². The van der Waals surface area contributed by atoms with Crippen molar-refractivity contribution in [3.8, 4) is 0 Å². The maximum absolute atomic E-state index is 12.8. The summed E-state index contributed by atoms with van der Waals surface area (Å²) in [4.78, 5) is 22.9. The number of benzene rings is 1. The van der Waals surface area contributed by atoms with Crippen LogP contribution in [0.4, 0.5) is 4.39 Å². The molecule has 8 heteroatoms. The maximum atomic E-state index is 12.8. The fraction of sp³-hybridized carbons (Fsp3) is 0.429. The Morgan fingerprint density at radius 1 is 1.27 bits per heavy atom. The second-order valence-corrected chi connectivity index (χ2v) is 7.26. The molecule has 0 saturated carbocycles. The number of sulfone groups is 1. The summed E-state index contributed by atoms with van der Waals surface area (Å²) in [6, 6.07) is 3.98. The van der Waals surface area contributed by atoms with Gasteiger partial charge in [-0.3, -0.25) is 4.79 Å². The van der Waals surface area contributed by atoms with Crippen LogP contribution in [0.3, 0.4) is 0 Å². The van der Waals surface area contributed by atoms with Gasteiger partial charge < -0.3 is 10.4 Å². The molecular weight excluding hydrogens is 313 g/mol. The monoisotopic (exact) mass is 331 g/mol. The second kappa shape index (κ2) is 7.88. The lowest BCUT2D eigenvalue weighted by Crippen LogP contribution is -2.42. The van der Waals surface area contributed by atoms with Gasteiger partial charge in [0.1, 0.15) is 21.7 Å². The van der Waals surface area contributed by atoms with E-state index in [9.17, 15) is 22.4 Å². The van der Waals surface area contributed by atoms with Gasteiger partial charge in [-0.2, -0.15) is 0 Å². The molecule has 22 heavy (non-hydrogen) atoms. The topological polar surface area (TPSA) is 101 Å². The van der Waals surface area contributed by atoms with Crippen molar-refractivity contribution in [2.75, 3.05) is 11.5 Å². The molecule has 0 radical (unpaired) electrons. The number of carboxylic acid groups (broad SMARTS) is 1. The maximum Gasteiger partial charge on any atom is 0.326 e. The molecule has 122 valence electrons. The van der Waals surface area contributed by atoms with Crippen LogP contribution in [0.2, 0.25) is 0 Å². The summed E-state index contributed by atoms with van der Waals surface area (Å²) < 4.78 is 35.5. The third-order valence-electron chi connectivity index (χ3n) is 3.07. The SMILES string of the molecule is CCS(=O)(=O)CCC(NC(=O)Cc1ccc(F)cc1)C(=O)O. The van der Waals surface area contributed by atoms with E-state index in [1.165, 1.54) is 31.2 Å². The average molecular weight is 331 g/mol. The summed E-state index contributed by atoms with van der Waals surface area (Å²) in [7, 11) is -3.30. The molecule has 1 unspecified atom stereocenters. The van der Waals surface area contributed by atoms with Crippen LogP contribution in [0.5, 0.6) is 0 Å². The van der Waals surface area contributed by atoms with Crippen LogP contribution >= 0.6 is 0 Å². The summed E-state index contributed by atoms with van der Waals surface area (Å²) in [5.74, 6) is -2.68. The molecule has 0 aliphatic rings. The van der Waals surface area contributed by atoms with Crippen LogP contribution in [-0.2, 0) is 25.8 Å². The number of hydrogen-bond donors (Lipinski definition) is 2. The first kappa shape index (κ1) is 18.1. The molecule has 6 nitrogen and oxygen atoms in total. The van der Waals surface area contributed by atoms with Gasteiger partial charge in [0.05, 0.1) is 12.2 Å². The largest absolute Gasteiger partial charge is 0.480 e. The molecule has 1 atom stereocenters. The van der Waals surface area contributed by atoms with E-state index in [1.807, 2.05) is 0 Å². The van der Waals surface area contributed by atoms with E-state index in [2.05, 4.69) is 5.32 Å². The summed E-state index contributed by atoms with van der Waals surface area (Å²) in [5.41, 5.74) is 0.532. The Labute approximate surface area is 128 Å². The number of carbonyl (C=O) groups excluding carboxylic acids is 1. The highest BCUT2D eigenvalue weighted by molar-refractivity contribution is 7.91. The number of halogens is 1. The van der Waals surface area contributed by atoms with E-state index in [0.29, 0.717) is 5.56 Å². The minimum absolute atomic E-state index is 0.0805.